The Morgan fingerprint density at radius 1 is 1.11 bits per heavy atom. The maximum Gasteiger partial charge on any atom is 0.341 e. The number of anilines is 1. The van der Waals surface area contributed by atoms with Crippen molar-refractivity contribution in [1.29, 1.82) is 0 Å². The number of thioether (sulfide) groups is 1. The Kier molecular flexibility index (Phi) is 7.34. The van der Waals surface area contributed by atoms with E-state index in [0.717, 1.165) is 20.2 Å². The molecule has 0 bridgehead atoms. The highest BCUT2D eigenvalue weighted by Crippen LogP contribution is 2.29. The molecule has 142 valence electrons. The van der Waals surface area contributed by atoms with Gasteiger partial charge in [-0.25, -0.2) is 14.9 Å². The Balaban J connectivity index is 1.94. The summed E-state index contributed by atoms with van der Waals surface area (Å²) >= 11 is 15.1. The minimum absolute atomic E-state index is 0.0123. The first-order valence-corrected chi connectivity index (χ1v) is 10.6. The van der Waals surface area contributed by atoms with Crippen molar-refractivity contribution in [2.75, 3.05) is 25.1 Å². The van der Waals surface area contributed by atoms with Crippen LogP contribution in [0.2, 0.25) is 10.0 Å². The molecular formula is C18H18Cl2N3O2S2+. The Hall–Kier alpha value is -1.35. The van der Waals surface area contributed by atoms with E-state index in [2.05, 4.69) is 10.3 Å². The molecule has 0 saturated heterocycles. The van der Waals surface area contributed by atoms with Crippen LogP contribution in [0.15, 0.2) is 52.4 Å². The van der Waals surface area contributed by atoms with Gasteiger partial charge in [0.2, 0.25) is 0 Å². The molecule has 0 unspecified atom stereocenters. The van der Waals surface area contributed by atoms with Gasteiger partial charge in [0.15, 0.2) is 0 Å². The SMILES string of the molecule is OCCN=C(Nc1sc2cc(Cl)ccc2[n+]1CCO)Sc1cccc(Cl)c1. The quantitative estimate of drug-likeness (QED) is 0.233. The van der Waals surface area contributed by atoms with Gasteiger partial charge in [0.25, 0.3) is 5.17 Å². The minimum atomic E-state index is -0.0417. The number of aromatic nitrogens is 1. The molecule has 27 heavy (non-hydrogen) atoms. The molecule has 5 nitrogen and oxygen atoms in total. The number of benzene rings is 2. The number of fused-ring (bicyclic) bond motifs is 1. The maximum atomic E-state index is 9.46. The fourth-order valence-corrected chi connectivity index (χ4v) is 5.00. The number of aliphatic hydroxyl groups excluding tert-OH is 2. The Morgan fingerprint density at radius 2 is 1.93 bits per heavy atom. The number of aliphatic imine (C=N–C) groups is 1. The first kappa shape index (κ1) is 20.4. The van der Waals surface area contributed by atoms with Gasteiger partial charge in [-0.1, -0.05) is 29.3 Å². The molecule has 0 aliphatic carbocycles. The molecule has 3 rings (SSSR count). The lowest BCUT2D eigenvalue weighted by Gasteiger charge is -2.05. The van der Waals surface area contributed by atoms with Crippen LogP contribution in [0.5, 0.6) is 0 Å². The molecule has 0 saturated carbocycles. The van der Waals surface area contributed by atoms with Crippen LogP contribution in [0.1, 0.15) is 0 Å². The number of hydrogen-bond donors (Lipinski definition) is 3. The van der Waals surface area contributed by atoms with Gasteiger partial charge in [-0.2, -0.15) is 0 Å². The lowest BCUT2D eigenvalue weighted by atomic mass is 10.3. The molecule has 0 aliphatic rings. The molecule has 2 aromatic carbocycles. The largest absolute Gasteiger partial charge is 0.394 e. The average Bonchev–Trinajstić information content (AvgIpc) is 2.96. The van der Waals surface area contributed by atoms with Crippen LogP contribution in [0.4, 0.5) is 5.13 Å². The van der Waals surface area contributed by atoms with Crippen LogP contribution in [-0.2, 0) is 6.54 Å². The standard InChI is InChI=1S/C18H17Cl2N3O2S2/c19-12-2-1-3-14(10-12)26-17(21-6-8-24)22-18-23(7-9-25)15-5-4-13(20)11-16(15)27-18/h1-5,10-11,24-25H,6-9H2/p+1. The molecule has 0 aliphatic heterocycles. The summed E-state index contributed by atoms with van der Waals surface area (Å²) in [4.78, 5) is 5.37. The number of halogens is 2. The van der Waals surface area contributed by atoms with Gasteiger partial charge in [0.1, 0.15) is 12.1 Å². The third-order valence-electron chi connectivity index (χ3n) is 3.57. The Bertz CT molecular complexity index is 963. The normalized spacial score (nSPS) is 11.9. The fraction of sp³-hybridized carbons (Fsp3) is 0.222. The molecular weight excluding hydrogens is 425 g/mol. The van der Waals surface area contributed by atoms with E-state index in [1.165, 1.54) is 23.1 Å². The molecule has 0 fully saturated rings. The highest BCUT2D eigenvalue weighted by Gasteiger charge is 2.21. The van der Waals surface area contributed by atoms with E-state index < -0.39 is 0 Å². The molecule has 0 atom stereocenters. The van der Waals surface area contributed by atoms with Gasteiger partial charge in [0, 0.05) is 14.9 Å². The second-order valence-electron chi connectivity index (χ2n) is 5.49. The molecule has 9 heteroatoms. The van der Waals surface area contributed by atoms with E-state index in [-0.39, 0.29) is 19.8 Å². The van der Waals surface area contributed by atoms with Gasteiger partial charge in [-0.05, 0) is 59.5 Å². The van der Waals surface area contributed by atoms with Gasteiger partial charge in [-0.15, -0.1) is 0 Å². The summed E-state index contributed by atoms with van der Waals surface area (Å²) in [6.45, 7) is 0.698. The van der Waals surface area contributed by atoms with Gasteiger partial charge in [0.05, 0.1) is 24.5 Å². The molecule has 3 aromatic rings. The van der Waals surface area contributed by atoms with Gasteiger partial charge in [-0.3, -0.25) is 0 Å². The summed E-state index contributed by atoms with van der Waals surface area (Å²) in [5.41, 5.74) is 0.982. The third-order valence-corrected chi connectivity index (χ3v) is 6.01. The number of nitrogens with one attached hydrogen (secondary N) is 1. The number of hydrogen-bond acceptors (Lipinski definition) is 5. The maximum absolute atomic E-state index is 9.46. The summed E-state index contributed by atoms with van der Waals surface area (Å²) in [5.74, 6) is 0. The van der Waals surface area contributed by atoms with Crippen molar-refractivity contribution in [2.45, 2.75) is 11.4 Å². The van der Waals surface area contributed by atoms with Crippen LogP contribution >= 0.6 is 46.3 Å². The lowest BCUT2D eigenvalue weighted by Crippen LogP contribution is -2.37. The van der Waals surface area contributed by atoms with Crippen LogP contribution in [-0.4, -0.2) is 35.1 Å². The van der Waals surface area contributed by atoms with Crippen molar-refractivity contribution in [3.63, 3.8) is 0 Å². The zero-order valence-electron chi connectivity index (χ0n) is 14.2. The summed E-state index contributed by atoms with van der Waals surface area (Å²) < 4.78 is 3.00. The second kappa shape index (κ2) is 9.73. The predicted molar refractivity (Wildman–Crippen MR) is 114 cm³/mol. The predicted octanol–water partition coefficient (Wildman–Crippen LogP) is 4.04. The van der Waals surface area contributed by atoms with Crippen molar-refractivity contribution < 1.29 is 14.8 Å². The summed E-state index contributed by atoms with van der Waals surface area (Å²) in [7, 11) is 0. The number of aliphatic hydroxyl groups is 2. The van der Waals surface area contributed by atoms with Crippen molar-refractivity contribution in [2.24, 2.45) is 4.99 Å². The molecule has 1 aromatic heterocycles. The smallest absolute Gasteiger partial charge is 0.341 e. The highest BCUT2D eigenvalue weighted by molar-refractivity contribution is 8.14. The fourth-order valence-electron chi connectivity index (χ4n) is 2.46. The van der Waals surface area contributed by atoms with E-state index in [1.54, 1.807) is 0 Å². The second-order valence-corrected chi connectivity index (χ2v) is 8.46. The highest BCUT2D eigenvalue weighted by atomic mass is 35.5. The van der Waals surface area contributed by atoms with Crippen molar-refractivity contribution in [3.05, 3.63) is 52.5 Å². The van der Waals surface area contributed by atoms with Crippen molar-refractivity contribution in [3.8, 4) is 0 Å². The van der Waals surface area contributed by atoms with Crippen molar-refractivity contribution in [1.82, 2.24) is 0 Å². The Labute approximate surface area is 175 Å². The van der Waals surface area contributed by atoms with E-state index >= 15 is 0 Å². The van der Waals surface area contributed by atoms with E-state index in [9.17, 15) is 5.11 Å². The van der Waals surface area contributed by atoms with Gasteiger partial charge >= 0.3 is 5.13 Å². The summed E-state index contributed by atoms with van der Waals surface area (Å²) in [6, 6.07) is 13.2. The molecule has 0 radical (unpaired) electrons. The van der Waals surface area contributed by atoms with Crippen LogP contribution in [0.25, 0.3) is 10.2 Å². The molecule has 3 N–H and O–H groups in total. The monoisotopic (exact) mass is 442 g/mol. The summed E-state index contributed by atoms with van der Waals surface area (Å²) in [6.07, 6.45) is 0. The zero-order chi connectivity index (χ0) is 19.2. The minimum Gasteiger partial charge on any atom is -0.394 e. The third kappa shape index (κ3) is 5.34. The number of amidine groups is 1. The first-order chi connectivity index (χ1) is 13.1. The average molecular weight is 443 g/mol. The van der Waals surface area contributed by atoms with Gasteiger partial charge < -0.3 is 10.2 Å². The number of rotatable bonds is 6. The van der Waals surface area contributed by atoms with Crippen LogP contribution < -0.4 is 9.88 Å². The zero-order valence-corrected chi connectivity index (χ0v) is 17.4. The van der Waals surface area contributed by atoms with E-state index in [1.807, 2.05) is 47.0 Å². The Morgan fingerprint density at radius 3 is 2.67 bits per heavy atom. The van der Waals surface area contributed by atoms with Crippen LogP contribution in [0, 0.1) is 0 Å². The summed E-state index contributed by atoms with van der Waals surface area (Å²) in [5, 5.41) is 24.7. The topological polar surface area (TPSA) is 68.7 Å². The van der Waals surface area contributed by atoms with Crippen LogP contribution in [0.3, 0.4) is 0 Å². The number of thiazole rings is 1. The molecule has 0 spiro atoms. The van der Waals surface area contributed by atoms with E-state index in [4.69, 9.17) is 28.3 Å². The van der Waals surface area contributed by atoms with E-state index in [0.29, 0.717) is 21.8 Å². The first-order valence-electron chi connectivity index (χ1n) is 8.19. The number of nitrogens with zero attached hydrogens (tertiary/aromatic N) is 2. The lowest BCUT2D eigenvalue weighted by molar-refractivity contribution is -0.654. The molecule has 1 heterocycles. The molecule has 0 amide bonds. The van der Waals surface area contributed by atoms with Crippen molar-refractivity contribution >= 4 is 66.8 Å².